The zero-order valence-corrected chi connectivity index (χ0v) is 10.8. The molecule has 1 aromatic carbocycles. The average molecular weight is 267 g/mol. The number of ether oxygens (including phenoxy) is 2. The van der Waals surface area contributed by atoms with Crippen LogP contribution < -0.4 is 9.47 Å². The summed E-state index contributed by atoms with van der Waals surface area (Å²) in [6.07, 6.45) is 3.93. The van der Waals surface area contributed by atoms with Gasteiger partial charge in [0.15, 0.2) is 17.3 Å². The molecule has 3 rings (SSSR count). The molecule has 1 heterocycles. The number of ketones is 1. The zero-order chi connectivity index (χ0) is 12.5. The van der Waals surface area contributed by atoms with Gasteiger partial charge in [-0.2, -0.15) is 0 Å². The molecular weight excluding hydrogens is 252 g/mol. The zero-order valence-electron chi connectivity index (χ0n) is 10.1. The van der Waals surface area contributed by atoms with Gasteiger partial charge in [0, 0.05) is 24.0 Å². The summed E-state index contributed by atoms with van der Waals surface area (Å²) in [5.74, 6) is 1.57. The van der Waals surface area contributed by atoms with Gasteiger partial charge in [-0.1, -0.05) is 18.0 Å². The second-order valence-electron chi connectivity index (χ2n) is 4.82. The lowest BCUT2D eigenvalue weighted by Crippen LogP contribution is -2.22. The van der Waals surface area contributed by atoms with Crippen LogP contribution in [0.2, 0.25) is 5.02 Å². The minimum Gasteiger partial charge on any atom is -0.490 e. The minimum absolute atomic E-state index is 0.141. The summed E-state index contributed by atoms with van der Waals surface area (Å²) in [6.45, 7) is 1.24. The van der Waals surface area contributed by atoms with Crippen LogP contribution in [0.5, 0.6) is 11.5 Å². The Morgan fingerprint density at radius 1 is 1.11 bits per heavy atom. The monoisotopic (exact) mass is 266 g/mol. The molecule has 1 aliphatic heterocycles. The number of Topliss-reactive ketones (excluding diaryl/α,β-unsaturated/α-hetero) is 1. The SMILES string of the molecule is O=C(c1cc2c(cc1Cl)OCCCO2)C1CCC1. The third kappa shape index (κ3) is 2.07. The third-order valence-corrected chi connectivity index (χ3v) is 3.89. The van der Waals surface area contributed by atoms with Gasteiger partial charge >= 0.3 is 0 Å². The van der Waals surface area contributed by atoms with Gasteiger partial charge in [-0.25, -0.2) is 0 Å². The summed E-state index contributed by atoms with van der Waals surface area (Å²) in [4.78, 5) is 12.2. The van der Waals surface area contributed by atoms with Crippen LogP contribution in [0.25, 0.3) is 0 Å². The summed E-state index contributed by atoms with van der Waals surface area (Å²) >= 11 is 6.18. The Hall–Kier alpha value is -1.22. The number of carbonyl (C=O) groups is 1. The lowest BCUT2D eigenvalue weighted by atomic mass is 9.80. The fourth-order valence-electron chi connectivity index (χ4n) is 2.26. The molecule has 1 saturated carbocycles. The molecule has 0 saturated heterocycles. The van der Waals surface area contributed by atoms with Crippen LogP contribution in [0.3, 0.4) is 0 Å². The molecule has 3 nitrogen and oxygen atoms in total. The van der Waals surface area contributed by atoms with E-state index in [9.17, 15) is 4.79 Å². The molecule has 96 valence electrons. The van der Waals surface area contributed by atoms with Crippen molar-refractivity contribution in [1.82, 2.24) is 0 Å². The van der Waals surface area contributed by atoms with Gasteiger partial charge < -0.3 is 9.47 Å². The molecular formula is C14H15ClO3. The van der Waals surface area contributed by atoms with E-state index in [-0.39, 0.29) is 11.7 Å². The molecule has 0 spiro atoms. The predicted octanol–water partition coefficient (Wildman–Crippen LogP) is 3.48. The smallest absolute Gasteiger partial charge is 0.167 e. The first kappa shape index (κ1) is 11.8. The maximum absolute atomic E-state index is 12.2. The summed E-state index contributed by atoms with van der Waals surface area (Å²) in [5.41, 5.74) is 0.575. The van der Waals surface area contributed by atoms with E-state index < -0.39 is 0 Å². The highest BCUT2D eigenvalue weighted by molar-refractivity contribution is 6.34. The first-order valence-electron chi connectivity index (χ1n) is 6.39. The molecule has 1 fully saturated rings. The third-order valence-electron chi connectivity index (χ3n) is 3.58. The Morgan fingerprint density at radius 3 is 2.39 bits per heavy atom. The van der Waals surface area contributed by atoms with E-state index in [1.807, 2.05) is 0 Å². The molecule has 1 aromatic rings. The van der Waals surface area contributed by atoms with Crippen molar-refractivity contribution in [2.45, 2.75) is 25.7 Å². The fraction of sp³-hybridized carbons (Fsp3) is 0.500. The van der Waals surface area contributed by atoms with Gasteiger partial charge in [-0.3, -0.25) is 4.79 Å². The Bertz CT molecular complexity index is 480. The summed E-state index contributed by atoms with van der Waals surface area (Å²) in [5, 5.41) is 0.469. The first-order valence-corrected chi connectivity index (χ1v) is 6.77. The number of rotatable bonds is 2. The highest BCUT2D eigenvalue weighted by Crippen LogP contribution is 2.38. The number of hydrogen-bond donors (Lipinski definition) is 0. The summed E-state index contributed by atoms with van der Waals surface area (Å²) in [7, 11) is 0. The molecule has 0 atom stereocenters. The summed E-state index contributed by atoms with van der Waals surface area (Å²) in [6, 6.07) is 3.44. The van der Waals surface area contributed by atoms with Crippen molar-refractivity contribution < 1.29 is 14.3 Å². The lowest BCUT2D eigenvalue weighted by Gasteiger charge is -2.24. The Labute approximate surface area is 111 Å². The van der Waals surface area contributed by atoms with Gasteiger partial charge in [-0.15, -0.1) is 0 Å². The Morgan fingerprint density at radius 2 is 1.78 bits per heavy atom. The topological polar surface area (TPSA) is 35.5 Å². The van der Waals surface area contributed by atoms with Crippen LogP contribution in [-0.4, -0.2) is 19.0 Å². The fourth-order valence-corrected chi connectivity index (χ4v) is 2.51. The number of benzene rings is 1. The van der Waals surface area contributed by atoms with E-state index in [1.165, 1.54) is 0 Å². The molecule has 0 N–H and O–H groups in total. The number of hydrogen-bond acceptors (Lipinski definition) is 3. The van der Waals surface area contributed by atoms with Crippen molar-refractivity contribution in [2.75, 3.05) is 13.2 Å². The molecule has 0 aromatic heterocycles. The van der Waals surface area contributed by atoms with Gasteiger partial charge in [0.05, 0.1) is 18.2 Å². The van der Waals surface area contributed by atoms with Gasteiger partial charge in [0.1, 0.15) is 0 Å². The largest absolute Gasteiger partial charge is 0.490 e. The van der Waals surface area contributed by atoms with E-state index in [1.54, 1.807) is 12.1 Å². The minimum atomic E-state index is 0.141. The number of fused-ring (bicyclic) bond motifs is 1. The molecule has 18 heavy (non-hydrogen) atoms. The van der Waals surface area contributed by atoms with Crippen molar-refractivity contribution in [1.29, 1.82) is 0 Å². The van der Waals surface area contributed by atoms with Crippen molar-refractivity contribution in [3.8, 4) is 11.5 Å². The Kier molecular flexibility index (Phi) is 3.16. The molecule has 0 radical (unpaired) electrons. The summed E-state index contributed by atoms with van der Waals surface area (Å²) < 4.78 is 11.1. The van der Waals surface area contributed by atoms with Gasteiger partial charge in [-0.05, 0) is 18.9 Å². The van der Waals surface area contributed by atoms with Crippen molar-refractivity contribution in [2.24, 2.45) is 5.92 Å². The molecule has 0 bridgehead atoms. The first-order chi connectivity index (χ1) is 8.75. The maximum atomic E-state index is 12.2. The van der Waals surface area contributed by atoms with Crippen LogP contribution >= 0.6 is 11.6 Å². The lowest BCUT2D eigenvalue weighted by molar-refractivity contribution is 0.0855. The maximum Gasteiger partial charge on any atom is 0.167 e. The highest BCUT2D eigenvalue weighted by Gasteiger charge is 2.28. The van der Waals surface area contributed by atoms with E-state index in [2.05, 4.69) is 0 Å². The standard InChI is InChI=1S/C14H15ClO3/c15-11-8-13-12(17-5-2-6-18-13)7-10(11)14(16)9-3-1-4-9/h7-9H,1-6H2. The Balaban J connectivity index is 1.94. The van der Waals surface area contributed by atoms with Crippen molar-refractivity contribution in [3.63, 3.8) is 0 Å². The second kappa shape index (κ2) is 4.81. The molecule has 0 unspecified atom stereocenters. The van der Waals surface area contributed by atoms with Crippen LogP contribution in [0, 0.1) is 5.92 Å². The average Bonchev–Trinajstić information content (AvgIpc) is 2.50. The van der Waals surface area contributed by atoms with E-state index in [4.69, 9.17) is 21.1 Å². The molecule has 0 amide bonds. The molecule has 4 heteroatoms. The number of carbonyl (C=O) groups excluding carboxylic acids is 1. The van der Waals surface area contributed by atoms with Crippen molar-refractivity contribution in [3.05, 3.63) is 22.7 Å². The van der Waals surface area contributed by atoms with Crippen LogP contribution in [-0.2, 0) is 0 Å². The van der Waals surface area contributed by atoms with Crippen LogP contribution in [0.15, 0.2) is 12.1 Å². The second-order valence-corrected chi connectivity index (χ2v) is 5.23. The van der Waals surface area contributed by atoms with Crippen LogP contribution in [0.1, 0.15) is 36.0 Å². The normalized spacial score (nSPS) is 18.9. The van der Waals surface area contributed by atoms with Gasteiger partial charge in [0.25, 0.3) is 0 Å². The van der Waals surface area contributed by atoms with E-state index >= 15 is 0 Å². The van der Waals surface area contributed by atoms with E-state index in [0.29, 0.717) is 35.3 Å². The number of halogens is 1. The molecule has 1 aliphatic carbocycles. The van der Waals surface area contributed by atoms with E-state index in [0.717, 1.165) is 25.7 Å². The molecule has 2 aliphatic rings. The van der Waals surface area contributed by atoms with Crippen LogP contribution in [0.4, 0.5) is 0 Å². The highest BCUT2D eigenvalue weighted by atomic mass is 35.5. The van der Waals surface area contributed by atoms with Gasteiger partial charge in [0.2, 0.25) is 0 Å². The van der Waals surface area contributed by atoms with Crippen molar-refractivity contribution >= 4 is 17.4 Å². The quantitative estimate of drug-likeness (QED) is 0.769. The predicted molar refractivity (Wildman–Crippen MR) is 68.7 cm³/mol.